The van der Waals surface area contributed by atoms with Gasteiger partial charge >= 0.3 is 0 Å². The van der Waals surface area contributed by atoms with E-state index in [0.29, 0.717) is 0 Å². The zero-order chi connectivity index (χ0) is 12.0. The zero-order valence-electron chi connectivity index (χ0n) is 10.6. The van der Waals surface area contributed by atoms with Gasteiger partial charge in [-0.3, -0.25) is 0 Å². The summed E-state index contributed by atoms with van der Waals surface area (Å²) in [6.07, 6.45) is 1.05. The van der Waals surface area contributed by atoms with Crippen molar-refractivity contribution in [2.75, 3.05) is 11.9 Å². The minimum absolute atomic E-state index is 1.05. The molecule has 3 rings (SSSR count). The van der Waals surface area contributed by atoms with Crippen molar-refractivity contribution < 1.29 is 0 Å². The van der Waals surface area contributed by atoms with Crippen molar-refractivity contribution >= 4 is 11.4 Å². The molecule has 0 N–H and O–H groups in total. The predicted molar refractivity (Wildman–Crippen MR) is 73.2 cm³/mol. The minimum Gasteiger partial charge on any atom is -0.344 e. The summed E-state index contributed by atoms with van der Waals surface area (Å²) in [5, 5.41) is 0. The molecular weight excluding hydrogens is 206 g/mol. The van der Waals surface area contributed by atoms with Gasteiger partial charge in [-0.2, -0.15) is 0 Å². The van der Waals surface area contributed by atoms with Crippen LogP contribution >= 0.6 is 0 Å². The fourth-order valence-corrected chi connectivity index (χ4v) is 2.61. The maximum atomic E-state index is 2.31. The molecular formula is C16H17N. The third-order valence-electron chi connectivity index (χ3n) is 3.59. The van der Waals surface area contributed by atoms with Gasteiger partial charge in [-0.25, -0.2) is 0 Å². The number of benzene rings is 2. The van der Waals surface area contributed by atoms with E-state index in [1.807, 2.05) is 0 Å². The van der Waals surface area contributed by atoms with Crippen molar-refractivity contribution in [1.82, 2.24) is 0 Å². The summed E-state index contributed by atoms with van der Waals surface area (Å²) < 4.78 is 0. The molecule has 0 atom stereocenters. The molecule has 0 unspecified atom stereocenters. The van der Waals surface area contributed by atoms with Crippen molar-refractivity contribution in [3.63, 3.8) is 0 Å². The molecule has 1 nitrogen and oxygen atoms in total. The van der Waals surface area contributed by atoms with Gasteiger partial charge in [0.2, 0.25) is 0 Å². The molecule has 1 aliphatic heterocycles. The predicted octanol–water partition coefficient (Wildman–Crippen LogP) is 3.98. The molecule has 0 aliphatic carbocycles. The second-order valence-corrected chi connectivity index (χ2v) is 5.00. The molecule has 2 aromatic rings. The summed E-state index contributed by atoms with van der Waals surface area (Å²) in [4.78, 5) is 2.31. The van der Waals surface area contributed by atoms with Gasteiger partial charge in [0.25, 0.3) is 0 Å². The Morgan fingerprint density at radius 2 is 1.29 bits per heavy atom. The van der Waals surface area contributed by atoms with Gasteiger partial charge in [0.1, 0.15) is 0 Å². The summed E-state index contributed by atoms with van der Waals surface area (Å²) in [6.45, 7) is 4.31. The first-order chi connectivity index (χ1) is 8.15. The monoisotopic (exact) mass is 223 g/mol. The highest BCUT2D eigenvalue weighted by Crippen LogP contribution is 2.38. The molecule has 0 aromatic heterocycles. The van der Waals surface area contributed by atoms with Crippen LogP contribution in [0.1, 0.15) is 22.3 Å². The van der Waals surface area contributed by atoms with E-state index in [0.717, 1.165) is 6.42 Å². The molecule has 0 bridgehead atoms. The number of aryl methyl sites for hydroxylation is 2. The Labute approximate surface area is 103 Å². The molecule has 0 saturated heterocycles. The van der Waals surface area contributed by atoms with Gasteiger partial charge in [-0.1, -0.05) is 24.3 Å². The number of nitrogens with zero attached hydrogens (tertiary/aromatic N) is 1. The van der Waals surface area contributed by atoms with Gasteiger partial charge in [0.15, 0.2) is 0 Å². The number of rotatable bonds is 0. The summed E-state index contributed by atoms with van der Waals surface area (Å²) in [6, 6.07) is 13.5. The largest absolute Gasteiger partial charge is 0.344 e. The van der Waals surface area contributed by atoms with Crippen LogP contribution in [0.25, 0.3) is 0 Å². The van der Waals surface area contributed by atoms with Gasteiger partial charge in [0, 0.05) is 24.8 Å². The van der Waals surface area contributed by atoms with Crippen LogP contribution in [-0.4, -0.2) is 7.05 Å². The molecule has 0 spiro atoms. The smallest absolute Gasteiger partial charge is 0.0446 e. The number of anilines is 2. The maximum Gasteiger partial charge on any atom is 0.0446 e. The van der Waals surface area contributed by atoms with Gasteiger partial charge in [-0.05, 0) is 48.2 Å². The van der Waals surface area contributed by atoms with Crippen molar-refractivity contribution in [1.29, 1.82) is 0 Å². The highest BCUT2D eigenvalue weighted by molar-refractivity contribution is 5.74. The summed E-state index contributed by atoms with van der Waals surface area (Å²) in [7, 11) is 2.16. The number of hydrogen-bond acceptors (Lipinski definition) is 1. The van der Waals surface area contributed by atoms with E-state index >= 15 is 0 Å². The maximum absolute atomic E-state index is 2.31. The standard InChI is InChI=1S/C16H17N/c1-11-4-6-13-10-14-7-5-12(2)9-16(14)17(3)15(13)8-11/h4-9H,10H2,1-3H3. The van der Waals surface area contributed by atoms with E-state index < -0.39 is 0 Å². The third kappa shape index (κ3) is 1.62. The topological polar surface area (TPSA) is 3.24 Å². The molecule has 1 heteroatoms. The summed E-state index contributed by atoms with van der Waals surface area (Å²) in [5.41, 5.74) is 8.20. The highest BCUT2D eigenvalue weighted by Gasteiger charge is 2.19. The van der Waals surface area contributed by atoms with E-state index in [4.69, 9.17) is 0 Å². The summed E-state index contributed by atoms with van der Waals surface area (Å²) >= 11 is 0. The SMILES string of the molecule is Cc1ccc2c(c1)N(C)c1cc(C)ccc1C2. The fraction of sp³-hybridized carbons (Fsp3) is 0.250. The van der Waals surface area contributed by atoms with Crippen LogP contribution in [-0.2, 0) is 6.42 Å². The average Bonchev–Trinajstić information content (AvgIpc) is 2.32. The van der Waals surface area contributed by atoms with Crippen LogP contribution < -0.4 is 4.90 Å². The Hall–Kier alpha value is -1.76. The number of fused-ring (bicyclic) bond motifs is 2. The Balaban J connectivity index is 2.18. The Bertz CT molecular complexity index is 533. The van der Waals surface area contributed by atoms with Crippen molar-refractivity contribution in [2.45, 2.75) is 20.3 Å². The molecule has 86 valence electrons. The van der Waals surface area contributed by atoms with Crippen molar-refractivity contribution in [3.05, 3.63) is 58.7 Å². The van der Waals surface area contributed by atoms with Gasteiger partial charge < -0.3 is 4.90 Å². The van der Waals surface area contributed by atoms with E-state index in [2.05, 4.69) is 62.2 Å². The molecule has 2 aromatic carbocycles. The first-order valence-electron chi connectivity index (χ1n) is 6.08. The van der Waals surface area contributed by atoms with Crippen molar-refractivity contribution in [2.24, 2.45) is 0 Å². The van der Waals surface area contributed by atoms with E-state index in [1.165, 1.54) is 33.6 Å². The molecule has 0 fully saturated rings. The lowest BCUT2D eigenvalue weighted by atomic mass is 9.94. The van der Waals surface area contributed by atoms with Gasteiger partial charge in [-0.15, -0.1) is 0 Å². The Morgan fingerprint density at radius 3 is 1.76 bits per heavy atom. The summed E-state index contributed by atoms with van der Waals surface area (Å²) in [5.74, 6) is 0. The normalized spacial score (nSPS) is 13.2. The first kappa shape index (κ1) is 10.4. The molecule has 0 radical (unpaired) electrons. The van der Waals surface area contributed by atoms with Gasteiger partial charge in [0.05, 0.1) is 0 Å². The van der Waals surface area contributed by atoms with Crippen LogP contribution in [0.5, 0.6) is 0 Å². The van der Waals surface area contributed by atoms with E-state index in [-0.39, 0.29) is 0 Å². The average molecular weight is 223 g/mol. The van der Waals surface area contributed by atoms with Crippen LogP contribution in [0.15, 0.2) is 36.4 Å². The van der Waals surface area contributed by atoms with Crippen LogP contribution in [0.4, 0.5) is 11.4 Å². The van der Waals surface area contributed by atoms with Crippen molar-refractivity contribution in [3.8, 4) is 0 Å². The lowest BCUT2D eigenvalue weighted by Crippen LogP contribution is -2.18. The highest BCUT2D eigenvalue weighted by atomic mass is 15.1. The lowest BCUT2D eigenvalue weighted by Gasteiger charge is -2.30. The molecule has 1 heterocycles. The second kappa shape index (κ2) is 3.63. The van der Waals surface area contributed by atoms with E-state index in [1.54, 1.807) is 0 Å². The van der Waals surface area contributed by atoms with Crippen LogP contribution in [0, 0.1) is 13.8 Å². The fourth-order valence-electron chi connectivity index (χ4n) is 2.61. The zero-order valence-corrected chi connectivity index (χ0v) is 10.6. The Morgan fingerprint density at radius 1 is 0.824 bits per heavy atom. The third-order valence-corrected chi connectivity index (χ3v) is 3.59. The Kier molecular flexibility index (Phi) is 2.22. The molecule has 17 heavy (non-hydrogen) atoms. The van der Waals surface area contributed by atoms with Crippen LogP contribution in [0.2, 0.25) is 0 Å². The second-order valence-electron chi connectivity index (χ2n) is 5.00. The number of hydrogen-bond donors (Lipinski definition) is 0. The molecule has 0 amide bonds. The van der Waals surface area contributed by atoms with E-state index in [9.17, 15) is 0 Å². The first-order valence-corrected chi connectivity index (χ1v) is 6.08. The quantitative estimate of drug-likeness (QED) is 0.653. The molecule has 0 saturated carbocycles. The minimum atomic E-state index is 1.05. The van der Waals surface area contributed by atoms with Crippen LogP contribution in [0.3, 0.4) is 0 Å². The lowest BCUT2D eigenvalue weighted by molar-refractivity contribution is 1.05. The molecule has 1 aliphatic rings.